The van der Waals surface area contributed by atoms with Gasteiger partial charge in [0.1, 0.15) is 23.9 Å². The Hall–Kier alpha value is -4.55. The third kappa shape index (κ3) is 6.97. The minimum atomic E-state index is -1.39. The van der Waals surface area contributed by atoms with Crippen LogP contribution in [-0.2, 0) is 4.79 Å². The van der Waals surface area contributed by atoms with Crippen LogP contribution >= 0.6 is 0 Å². The lowest BCUT2D eigenvalue weighted by molar-refractivity contribution is -0.132. The number of primary amides is 1. The number of hydrogen-bond acceptors (Lipinski definition) is 8. The molecule has 3 heterocycles. The summed E-state index contributed by atoms with van der Waals surface area (Å²) in [5.41, 5.74) is 4.85. The Morgan fingerprint density at radius 1 is 1.20 bits per heavy atom. The number of carbonyl (C=O) groups excluding carboxylic acids is 2. The first-order valence-electron chi connectivity index (χ1n) is 13.5. The Labute approximate surface area is 237 Å². The first-order chi connectivity index (χ1) is 19.5. The summed E-state index contributed by atoms with van der Waals surface area (Å²) in [6.07, 6.45) is 1.30. The van der Waals surface area contributed by atoms with Crippen molar-refractivity contribution < 1.29 is 34.1 Å². The van der Waals surface area contributed by atoms with Crippen LogP contribution in [0.2, 0.25) is 0 Å². The number of nitrogens with two attached hydrogens (primary N) is 1. The second-order valence-electron chi connectivity index (χ2n) is 10.5. The van der Waals surface area contributed by atoms with Crippen LogP contribution in [0, 0.1) is 23.2 Å². The van der Waals surface area contributed by atoms with Crippen LogP contribution in [0.25, 0.3) is 10.8 Å². The Morgan fingerprint density at radius 2 is 1.93 bits per heavy atom. The smallest absolute Gasteiger partial charge is 0.407 e. The number of nitriles is 1. The lowest BCUT2D eigenvalue weighted by atomic mass is 9.91. The summed E-state index contributed by atoms with van der Waals surface area (Å²) in [5, 5.41) is 30.1. The average molecular weight is 564 g/mol. The van der Waals surface area contributed by atoms with Crippen molar-refractivity contribution in [2.24, 2.45) is 5.73 Å². The highest BCUT2D eigenvalue weighted by atomic mass is 16.5. The number of ether oxygens (including phenoxy) is 2. The number of aromatic nitrogens is 1. The summed E-state index contributed by atoms with van der Waals surface area (Å²) in [6, 6.07) is 5.08. The molecule has 1 aromatic heterocycles. The maximum atomic E-state index is 12.4. The summed E-state index contributed by atoms with van der Waals surface area (Å²) in [6.45, 7) is 4.80. The Kier molecular flexibility index (Phi) is 8.84. The van der Waals surface area contributed by atoms with Crippen molar-refractivity contribution in [1.29, 1.82) is 5.26 Å². The first kappa shape index (κ1) is 29.4. The molecule has 0 saturated carbocycles. The van der Waals surface area contributed by atoms with Crippen molar-refractivity contribution in [3.8, 4) is 29.5 Å². The third-order valence-corrected chi connectivity index (χ3v) is 7.11. The highest BCUT2D eigenvalue weighted by molar-refractivity contribution is 6.03. The van der Waals surface area contributed by atoms with Crippen molar-refractivity contribution in [2.45, 2.75) is 63.8 Å². The number of piperidine rings is 2. The van der Waals surface area contributed by atoms with Gasteiger partial charge in [0.05, 0.1) is 29.8 Å². The summed E-state index contributed by atoms with van der Waals surface area (Å²) >= 11 is 0. The molecule has 0 radical (unpaired) electrons. The minimum absolute atomic E-state index is 0.144. The van der Waals surface area contributed by atoms with E-state index in [1.54, 1.807) is 17.0 Å². The molecule has 4 rings (SSSR count). The van der Waals surface area contributed by atoms with E-state index in [-0.39, 0.29) is 67.7 Å². The van der Waals surface area contributed by atoms with Crippen LogP contribution in [0.1, 0.15) is 61.9 Å². The molecule has 0 spiro atoms. The van der Waals surface area contributed by atoms with Gasteiger partial charge in [-0.2, -0.15) is 5.26 Å². The van der Waals surface area contributed by atoms with Gasteiger partial charge in [0.25, 0.3) is 5.91 Å². The number of nitrogens with zero attached hydrogens (tertiary/aromatic N) is 4. The molecule has 2 aromatic rings. The van der Waals surface area contributed by atoms with Gasteiger partial charge < -0.3 is 35.2 Å². The summed E-state index contributed by atoms with van der Waals surface area (Å²) in [7, 11) is 0. The van der Waals surface area contributed by atoms with E-state index < -0.39 is 17.6 Å². The molecule has 41 heavy (non-hydrogen) atoms. The fraction of sp³-hybridized carbons (Fsp3) is 0.483. The van der Waals surface area contributed by atoms with Gasteiger partial charge >= 0.3 is 6.09 Å². The summed E-state index contributed by atoms with van der Waals surface area (Å²) in [4.78, 5) is 43.2. The Bertz CT molecular complexity index is 1450. The quantitative estimate of drug-likeness (QED) is 0.444. The van der Waals surface area contributed by atoms with Gasteiger partial charge in [-0.3, -0.25) is 9.59 Å². The monoisotopic (exact) mass is 563 g/mol. The van der Waals surface area contributed by atoms with Gasteiger partial charge in [0.2, 0.25) is 11.8 Å². The van der Waals surface area contributed by atoms with Gasteiger partial charge in [-0.25, -0.2) is 9.78 Å². The normalized spacial score (nSPS) is 18.3. The molecule has 0 bridgehead atoms. The zero-order chi connectivity index (χ0) is 29.7. The molecular weight excluding hydrogens is 530 g/mol. The van der Waals surface area contributed by atoms with E-state index >= 15 is 0 Å². The van der Waals surface area contributed by atoms with E-state index in [1.165, 1.54) is 11.1 Å². The van der Waals surface area contributed by atoms with Crippen LogP contribution < -0.4 is 15.2 Å². The SMILES string of the molecule is CC(C)Oc1cc2c(O[C@@H]3CCCN(C(=O)CC#N)C3)ncc(C#CC3(O)CCN(C(=O)O)CC3)c2cc1C(N)=O. The van der Waals surface area contributed by atoms with E-state index in [4.69, 9.17) is 20.5 Å². The molecule has 2 saturated heterocycles. The molecule has 0 unspecified atom stereocenters. The van der Waals surface area contributed by atoms with Crippen molar-refractivity contribution >= 4 is 28.7 Å². The number of amides is 3. The van der Waals surface area contributed by atoms with Gasteiger partial charge in [-0.05, 0) is 38.8 Å². The number of rotatable bonds is 6. The standard InChI is InChI=1S/C29H33N5O7/c1-18(2)40-24-15-22-21(14-23(24)26(31)36)19(5-7-29(39)8-12-33(13-9-29)28(37)38)16-32-27(22)41-20-4-3-11-34(17-20)25(35)6-10-30/h14-16,18,20,39H,3-4,6,8-9,11-13,17H2,1-2H3,(H2,31,36)(H,37,38)/t20-/m1/s1. The Morgan fingerprint density at radius 3 is 2.56 bits per heavy atom. The van der Waals surface area contributed by atoms with Crippen molar-refractivity contribution in [1.82, 2.24) is 14.8 Å². The fourth-order valence-corrected chi connectivity index (χ4v) is 4.95. The molecule has 4 N–H and O–H groups in total. The summed E-state index contributed by atoms with van der Waals surface area (Å²) < 4.78 is 12.2. The topological polar surface area (TPSA) is 179 Å². The molecule has 2 aliphatic rings. The van der Waals surface area contributed by atoms with Crippen molar-refractivity contribution in [3.05, 3.63) is 29.5 Å². The van der Waals surface area contributed by atoms with Crippen molar-refractivity contribution in [2.75, 3.05) is 26.2 Å². The molecule has 12 heteroatoms. The van der Waals surface area contributed by atoms with Crippen LogP contribution in [0.4, 0.5) is 4.79 Å². The first-order valence-corrected chi connectivity index (χ1v) is 13.5. The molecule has 2 fully saturated rings. The largest absolute Gasteiger partial charge is 0.490 e. The average Bonchev–Trinajstić information content (AvgIpc) is 2.92. The highest BCUT2D eigenvalue weighted by Crippen LogP contribution is 2.34. The van der Waals surface area contributed by atoms with Crippen molar-refractivity contribution in [3.63, 3.8) is 0 Å². The Balaban J connectivity index is 1.73. The number of likely N-dealkylation sites (tertiary alicyclic amines) is 2. The number of hydrogen-bond donors (Lipinski definition) is 3. The number of fused-ring (bicyclic) bond motifs is 1. The van der Waals surface area contributed by atoms with Crippen LogP contribution in [-0.4, -0.2) is 86.9 Å². The van der Waals surface area contributed by atoms with E-state index in [2.05, 4.69) is 16.8 Å². The fourth-order valence-electron chi connectivity index (χ4n) is 4.95. The highest BCUT2D eigenvalue weighted by Gasteiger charge is 2.32. The number of pyridine rings is 1. The predicted octanol–water partition coefficient (Wildman–Crippen LogP) is 2.26. The van der Waals surface area contributed by atoms with E-state index in [1.807, 2.05) is 19.9 Å². The number of aliphatic hydroxyl groups is 1. The maximum absolute atomic E-state index is 12.4. The maximum Gasteiger partial charge on any atom is 0.407 e. The summed E-state index contributed by atoms with van der Waals surface area (Å²) in [5.74, 6) is 5.41. The lowest BCUT2D eigenvalue weighted by Crippen LogP contribution is -2.45. The molecule has 3 amide bonds. The third-order valence-electron chi connectivity index (χ3n) is 7.11. The van der Waals surface area contributed by atoms with Gasteiger partial charge in [-0.15, -0.1) is 0 Å². The molecule has 216 valence electrons. The molecule has 0 aliphatic carbocycles. The zero-order valence-electron chi connectivity index (χ0n) is 23.1. The van der Waals surface area contributed by atoms with Gasteiger partial charge in [0, 0.05) is 49.4 Å². The van der Waals surface area contributed by atoms with E-state index in [0.717, 1.165) is 0 Å². The number of carboxylic acid groups (broad SMARTS) is 1. The molecule has 1 atom stereocenters. The molecule has 1 aromatic carbocycles. The second-order valence-corrected chi connectivity index (χ2v) is 10.5. The van der Waals surface area contributed by atoms with Crippen LogP contribution in [0.3, 0.4) is 0 Å². The predicted molar refractivity (Wildman–Crippen MR) is 147 cm³/mol. The minimum Gasteiger partial charge on any atom is -0.490 e. The van der Waals surface area contributed by atoms with E-state index in [9.17, 15) is 24.6 Å². The van der Waals surface area contributed by atoms with Gasteiger partial charge in [0.15, 0.2) is 0 Å². The second kappa shape index (κ2) is 12.3. The zero-order valence-corrected chi connectivity index (χ0v) is 23.1. The number of benzene rings is 1. The molecule has 12 nitrogen and oxygen atoms in total. The number of carbonyl (C=O) groups is 3. The molecular formula is C29H33N5O7. The molecule has 2 aliphatic heterocycles. The van der Waals surface area contributed by atoms with Crippen LogP contribution in [0.15, 0.2) is 18.3 Å². The van der Waals surface area contributed by atoms with Gasteiger partial charge in [-0.1, -0.05) is 11.8 Å². The lowest BCUT2D eigenvalue weighted by Gasteiger charge is -2.33. The van der Waals surface area contributed by atoms with Crippen LogP contribution in [0.5, 0.6) is 11.6 Å². The van der Waals surface area contributed by atoms with E-state index in [0.29, 0.717) is 42.3 Å².